The van der Waals surface area contributed by atoms with Crippen LogP contribution in [0.15, 0.2) is 24.3 Å². The molecule has 1 saturated carbocycles. The summed E-state index contributed by atoms with van der Waals surface area (Å²) in [6.07, 6.45) is 4.40. The van der Waals surface area contributed by atoms with Crippen LogP contribution < -0.4 is 14.8 Å². The molecule has 1 fully saturated rings. The van der Waals surface area contributed by atoms with E-state index in [9.17, 15) is 13.2 Å². The molecule has 2 N–H and O–H groups in total. The van der Waals surface area contributed by atoms with E-state index in [1.165, 1.54) is 0 Å². The maximum atomic E-state index is 12.5. The summed E-state index contributed by atoms with van der Waals surface area (Å²) in [6.45, 7) is 6.86. The van der Waals surface area contributed by atoms with E-state index in [-0.39, 0.29) is 23.1 Å². The molecule has 0 spiro atoms. The Bertz CT molecular complexity index is 710. The molecule has 158 valence electrons. The molecule has 0 heterocycles. The highest BCUT2D eigenvalue weighted by atomic mass is 32.2. The van der Waals surface area contributed by atoms with E-state index in [1.54, 1.807) is 6.92 Å². The third-order valence-electron chi connectivity index (χ3n) is 5.40. The van der Waals surface area contributed by atoms with Crippen molar-refractivity contribution in [3.05, 3.63) is 29.8 Å². The fourth-order valence-electron chi connectivity index (χ4n) is 3.30. The number of amides is 1. The number of rotatable bonds is 10. The second kappa shape index (κ2) is 10.8. The van der Waals surface area contributed by atoms with Gasteiger partial charge in [-0.05, 0) is 63.1 Å². The van der Waals surface area contributed by atoms with Crippen molar-refractivity contribution in [2.45, 2.75) is 77.1 Å². The quantitative estimate of drug-likeness (QED) is 0.619. The number of carbonyl (C=O) groups excluding carboxylic acids is 1. The van der Waals surface area contributed by atoms with Gasteiger partial charge in [0.2, 0.25) is 15.9 Å². The summed E-state index contributed by atoms with van der Waals surface area (Å²) in [5.74, 6) is 0.848. The van der Waals surface area contributed by atoms with Gasteiger partial charge in [-0.2, -0.15) is 0 Å². The van der Waals surface area contributed by atoms with Crippen LogP contribution in [0.3, 0.4) is 0 Å². The molecule has 0 aromatic heterocycles. The summed E-state index contributed by atoms with van der Waals surface area (Å²) in [5, 5.41) is 2.62. The molecule has 0 radical (unpaired) electrons. The molecule has 1 unspecified atom stereocenters. The predicted octanol–water partition coefficient (Wildman–Crippen LogP) is 3.37. The molecular weight excluding hydrogens is 376 g/mol. The number of nitrogens with one attached hydrogen (secondary N) is 2. The average Bonchev–Trinajstić information content (AvgIpc) is 2.70. The van der Waals surface area contributed by atoms with Gasteiger partial charge in [0.1, 0.15) is 5.75 Å². The smallest absolute Gasteiger partial charge is 0.223 e. The normalized spacial score (nSPS) is 21.1. The lowest BCUT2D eigenvalue weighted by atomic mass is 9.86. The molecule has 1 aliphatic carbocycles. The molecule has 1 aromatic rings. The third-order valence-corrected chi connectivity index (χ3v) is 7.45. The summed E-state index contributed by atoms with van der Waals surface area (Å²) < 4.78 is 32.7. The Morgan fingerprint density at radius 2 is 1.79 bits per heavy atom. The number of sulfonamides is 1. The first-order valence-electron chi connectivity index (χ1n) is 10.4. The van der Waals surface area contributed by atoms with Gasteiger partial charge in [0.05, 0.1) is 11.9 Å². The van der Waals surface area contributed by atoms with E-state index in [4.69, 9.17) is 4.74 Å². The molecule has 0 bridgehead atoms. The summed E-state index contributed by atoms with van der Waals surface area (Å²) in [5.41, 5.74) is 1.03. The van der Waals surface area contributed by atoms with Gasteiger partial charge in [-0.3, -0.25) is 4.79 Å². The van der Waals surface area contributed by atoms with E-state index in [0.717, 1.165) is 17.7 Å². The van der Waals surface area contributed by atoms with Gasteiger partial charge in [0, 0.05) is 18.5 Å². The average molecular weight is 411 g/mol. The minimum absolute atomic E-state index is 0.0449. The topological polar surface area (TPSA) is 84.5 Å². The van der Waals surface area contributed by atoms with Crippen molar-refractivity contribution in [3.8, 4) is 5.75 Å². The number of benzene rings is 1. The van der Waals surface area contributed by atoms with E-state index in [2.05, 4.69) is 17.0 Å². The van der Waals surface area contributed by atoms with Crippen LogP contribution >= 0.6 is 0 Å². The Balaban J connectivity index is 1.74. The largest absolute Gasteiger partial charge is 0.494 e. The fourth-order valence-corrected chi connectivity index (χ4v) is 4.67. The summed E-state index contributed by atoms with van der Waals surface area (Å²) in [4.78, 5) is 12.5. The Kier molecular flexibility index (Phi) is 8.76. The van der Waals surface area contributed by atoms with Gasteiger partial charge in [0.25, 0.3) is 0 Å². The molecular formula is C21H34N2O4S. The lowest BCUT2D eigenvalue weighted by Crippen LogP contribution is -2.43. The van der Waals surface area contributed by atoms with Crippen molar-refractivity contribution in [2.24, 2.45) is 5.92 Å². The maximum Gasteiger partial charge on any atom is 0.223 e. The Morgan fingerprint density at radius 3 is 2.36 bits per heavy atom. The molecule has 2 rings (SSSR count). The van der Waals surface area contributed by atoms with Crippen LogP contribution in [0.1, 0.15) is 64.9 Å². The molecule has 1 aromatic carbocycles. The third kappa shape index (κ3) is 6.78. The first-order valence-corrected chi connectivity index (χ1v) is 11.9. The molecule has 1 amide bonds. The Hall–Kier alpha value is -1.60. The van der Waals surface area contributed by atoms with Crippen molar-refractivity contribution in [1.82, 2.24) is 10.0 Å². The van der Waals surface area contributed by atoms with Crippen molar-refractivity contribution < 1.29 is 17.9 Å². The van der Waals surface area contributed by atoms with Gasteiger partial charge in [-0.25, -0.2) is 13.1 Å². The van der Waals surface area contributed by atoms with Crippen molar-refractivity contribution in [2.75, 3.05) is 6.61 Å². The van der Waals surface area contributed by atoms with Crippen molar-refractivity contribution in [3.63, 3.8) is 0 Å². The van der Waals surface area contributed by atoms with Crippen LogP contribution in [0.25, 0.3) is 0 Å². The van der Waals surface area contributed by atoms with E-state index >= 15 is 0 Å². The highest BCUT2D eigenvalue weighted by molar-refractivity contribution is 7.90. The molecule has 1 atom stereocenters. The molecule has 0 aliphatic heterocycles. The number of hydrogen-bond acceptors (Lipinski definition) is 4. The van der Waals surface area contributed by atoms with Crippen LogP contribution in [0.2, 0.25) is 0 Å². The van der Waals surface area contributed by atoms with Gasteiger partial charge in [0.15, 0.2) is 0 Å². The second-order valence-corrected chi connectivity index (χ2v) is 9.77. The highest BCUT2D eigenvalue weighted by Gasteiger charge is 2.29. The SMILES string of the molecule is CCCOc1ccc(CNC(=O)C2CCC(NS(=O)(=O)C(C)CC)CC2)cc1. The van der Waals surface area contributed by atoms with E-state index in [0.29, 0.717) is 45.3 Å². The lowest BCUT2D eigenvalue weighted by molar-refractivity contribution is -0.126. The van der Waals surface area contributed by atoms with Crippen LogP contribution in [-0.2, 0) is 21.4 Å². The second-order valence-electron chi connectivity index (χ2n) is 7.64. The monoisotopic (exact) mass is 410 g/mol. The van der Waals surface area contributed by atoms with Crippen molar-refractivity contribution >= 4 is 15.9 Å². The molecule has 7 heteroatoms. The standard InChI is InChI=1S/C21H34N2O4S/c1-4-14-27-20-12-6-17(7-13-20)15-22-21(24)18-8-10-19(11-9-18)23-28(25,26)16(3)5-2/h6-7,12-13,16,18-19,23H,4-5,8-11,14-15H2,1-3H3,(H,22,24). The molecule has 0 saturated heterocycles. The van der Waals surface area contributed by atoms with Crippen LogP contribution in [-0.4, -0.2) is 32.2 Å². The molecule has 28 heavy (non-hydrogen) atoms. The minimum atomic E-state index is -3.26. The first kappa shape index (κ1) is 22.7. The number of ether oxygens (including phenoxy) is 1. The summed E-state index contributed by atoms with van der Waals surface area (Å²) in [7, 11) is -3.26. The summed E-state index contributed by atoms with van der Waals surface area (Å²) >= 11 is 0. The zero-order valence-corrected chi connectivity index (χ0v) is 18.1. The zero-order chi connectivity index (χ0) is 20.6. The van der Waals surface area contributed by atoms with E-state index < -0.39 is 10.0 Å². The van der Waals surface area contributed by atoms with Gasteiger partial charge >= 0.3 is 0 Å². The zero-order valence-electron chi connectivity index (χ0n) is 17.2. The van der Waals surface area contributed by atoms with Crippen LogP contribution in [0.5, 0.6) is 5.75 Å². The van der Waals surface area contributed by atoms with Crippen molar-refractivity contribution in [1.29, 1.82) is 0 Å². The van der Waals surface area contributed by atoms with Gasteiger partial charge < -0.3 is 10.1 Å². The van der Waals surface area contributed by atoms with Crippen LogP contribution in [0.4, 0.5) is 0 Å². The Labute approximate surface area is 169 Å². The molecule has 1 aliphatic rings. The molecule has 6 nitrogen and oxygen atoms in total. The Morgan fingerprint density at radius 1 is 1.14 bits per heavy atom. The fraction of sp³-hybridized carbons (Fsp3) is 0.667. The van der Waals surface area contributed by atoms with Gasteiger partial charge in [-0.15, -0.1) is 0 Å². The summed E-state index contributed by atoms with van der Waals surface area (Å²) in [6, 6.07) is 7.72. The minimum Gasteiger partial charge on any atom is -0.494 e. The predicted molar refractivity (Wildman–Crippen MR) is 112 cm³/mol. The maximum absolute atomic E-state index is 12.5. The van der Waals surface area contributed by atoms with E-state index in [1.807, 2.05) is 31.2 Å². The number of carbonyl (C=O) groups is 1. The lowest BCUT2D eigenvalue weighted by Gasteiger charge is -2.29. The first-order chi connectivity index (χ1) is 13.4. The number of hydrogen-bond donors (Lipinski definition) is 2. The van der Waals surface area contributed by atoms with Crippen LogP contribution in [0, 0.1) is 5.92 Å². The highest BCUT2D eigenvalue weighted by Crippen LogP contribution is 2.25. The van der Waals surface area contributed by atoms with Gasteiger partial charge in [-0.1, -0.05) is 26.0 Å².